The Hall–Kier alpha value is -1.53. The average Bonchev–Trinajstić information content (AvgIpc) is 2.49. The van der Waals surface area contributed by atoms with Crippen LogP contribution in [-0.4, -0.2) is 15.8 Å². The van der Waals surface area contributed by atoms with Gasteiger partial charge in [0.15, 0.2) is 0 Å². The van der Waals surface area contributed by atoms with Gasteiger partial charge in [0.05, 0.1) is 12.1 Å². The third kappa shape index (κ3) is 3.74. The van der Waals surface area contributed by atoms with Crippen molar-refractivity contribution in [3.8, 4) is 0 Å². The standard InChI is InChI=1S/C15H18N2O2S/c1-16-14(12-8-4-2-5-9-12)15(17-20(18)19)13-10-6-3-7-11-13/h2-11,14-17H,1H3,(H,18,19)/t14-,15-/m0/s1. The Bertz CT molecular complexity index is 548. The molecule has 0 spiro atoms. The molecule has 3 atom stereocenters. The molecule has 0 aliphatic rings. The van der Waals surface area contributed by atoms with Gasteiger partial charge in [-0.05, 0) is 18.2 Å². The molecule has 106 valence electrons. The number of likely N-dealkylation sites (N-methyl/N-ethyl adjacent to an activating group) is 1. The van der Waals surface area contributed by atoms with Gasteiger partial charge in [0, 0.05) is 0 Å². The second-order valence-corrected chi connectivity index (χ2v) is 5.17. The molecule has 0 radical (unpaired) electrons. The number of nitrogens with one attached hydrogen (secondary N) is 2. The first kappa shape index (κ1) is 14.9. The van der Waals surface area contributed by atoms with Gasteiger partial charge in [-0.15, -0.1) is 0 Å². The fourth-order valence-corrected chi connectivity index (χ4v) is 2.77. The fourth-order valence-electron chi connectivity index (χ4n) is 2.28. The van der Waals surface area contributed by atoms with Crippen molar-refractivity contribution in [2.24, 2.45) is 0 Å². The molecule has 0 aromatic heterocycles. The Morgan fingerprint density at radius 2 is 1.35 bits per heavy atom. The van der Waals surface area contributed by atoms with Crippen molar-refractivity contribution in [3.05, 3.63) is 71.8 Å². The van der Waals surface area contributed by atoms with Crippen LogP contribution in [0.3, 0.4) is 0 Å². The highest BCUT2D eigenvalue weighted by atomic mass is 32.2. The van der Waals surface area contributed by atoms with Gasteiger partial charge in [-0.1, -0.05) is 60.7 Å². The Morgan fingerprint density at radius 1 is 0.900 bits per heavy atom. The summed E-state index contributed by atoms with van der Waals surface area (Å²) >= 11 is -2.08. The Labute approximate surface area is 121 Å². The summed E-state index contributed by atoms with van der Waals surface area (Å²) in [7, 11) is 1.84. The maximum Gasteiger partial charge on any atom is 0.232 e. The highest BCUT2D eigenvalue weighted by Gasteiger charge is 2.24. The predicted molar refractivity (Wildman–Crippen MR) is 81.3 cm³/mol. The molecule has 3 N–H and O–H groups in total. The summed E-state index contributed by atoms with van der Waals surface area (Å²) in [6.07, 6.45) is 0. The molecule has 0 fully saturated rings. The Morgan fingerprint density at radius 3 is 1.75 bits per heavy atom. The lowest BCUT2D eigenvalue weighted by Crippen LogP contribution is -2.34. The Balaban J connectivity index is 2.36. The first-order valence-corrected chi connectivity index (χ1v) is 7.47. The zero-order valence-electron chi connectivity index (χ0n) is 11.2. The number of benzene rings is 2. The van der Waals surface area contributed by atoms with Gasteiger partial charge in [0.2, 0.25) is 11.3 Å². The molecule has 0 saturated carbocycles. The van der Waals surface area contributed by atoms with E-state index in [1.54, 1.807) is 0 Å². The van der Waals surface area contributed by atoms with Crippen LogP contribution in [-0.2, 0) is 11.3 Å². The van der Waals surface area contributed by atoms with Crippen LogP contribution in [0, 0.1) is 0 Å². The molecule has 2 aromatic rings. The van der Waals surface area contributed by atoms with E-state index in [4.69, 9.17) is 0 Å². The third-order valence-corrected chi connectivity index (χ3v) is 3.65. The van der Waals surface area contributed by atoms with Crippen molar-refractivity contribution >= 4 is 11.3 Å². The lowest BCUT2D eigenvalue weighted by atomic mass is 9.94. The molecular weight excluding hydrogens is 272 g/mol. The molecule has 0 heterocycles. The molecule has 5 heteroatoms. The van der Waals surface area contributed by atoms with Crippen molar-refractivity contribution in [1.29, 1.82) is 0 Å². The zero-order valence-corrected chi connectivity index (χ0v) is 12.0. The maximum absolute atomic E-state index is 11.2. The largest absolute Gasteiger partial charge is 0.311 e. The Kier molecular flexibility index (Phi) is 5.43. The molecule has 2 aromatic carbocycles. The van der Waals surface area contributed by atoms with Gasteiger partial charge < -0.3 is 5.32 Å². The van der Waals surface area contributed by atoms with Crippen LogP contribution in [0.4, 0.5) is 0 Å². The molecule has 0 aliphatic heterocycles. The third-order valence-electron chi connectivity index (χ3n) is 3.19. The first-order chi connectivity index (χ1) is 9.72. The van der Waals surface area contributed by atoms with Gasteiger partial charge in [0.25, 0.3) is 0 Å². The highest BCUT2D eigenvalue weighted by molar-refractivity contribution is 7.77. The fraction of sp³-hybridized carbons (Fsp3) is 0.200. The zero-order chi connectivity index (χ0) is 14.4. The summed E-state index contributed by atoms with van der Waals surface area (Å²) < 4.78 is 23.1. The van der Waals surface area contributed by atoms with Gasteiger partial charge >= 0.3 is 0 Å². The maximum atomic E-state index is 11.2. The second kappa shape index (κ2) is 7.31. The van der Waals surface area contributed by atoms with Crippen LogP contribution in [0.15, 0.2) is 60.7 Å². The summed E-state index contributed by atoms with van der Waals surface area (Å²) in [6, 6.07) is 19.1. The molecular formula is C15H18N2O2S. The van der Waals surface area contributed by atoms with E-state index < -0.39 is 11.3 Å². The van der Waals surface area contributed by atoms with Crippen molar-refractivity contribution in [3.63, 3.8) is 0 Å². The first-order valence-electron chi connectivity index (χ1n) is 6.36. The van der Waals surface area contributed by atoms with Crippen molar-refractivity contribution in [2.75, 3.05) is 7.05 Å². The van der Waals surface area contributed by atoms with Crippen LogP contribution in [0.25, 0.3) is 0 Å². The molecule has 0 bridgehead atoms. The lowest BCUT2D eigenvalue weighted by Gasteiger charge is -2.27. The minimum absolute atomic E-state index is 0.102. The van der Waals surface area contributed by atoms with E-state index in [1.807, 2.05) is 67.7 Å². The van der Waals surface area contributed by atoms with Crippen molar-refractivity contribution in [1.82, 2.24) is 10.0 Å². The normalized spacial score (nSPS) is 15.5. The summed E-state index contributed by atoms with van der Waals surface area (Å²) in [5, 5.41) is 3.21. The van der Waals surface area contributed by atoms with E-state index in [-0.39, 0.29) is 12.1 Å². The number of rotatable bonds is 6. The van der Waals surface area contributed by atoms with Crippen LogP contribution in [0.1, 0.15) is 23.2 Å². The highest BCUT2D eigenvalue weighted by Crippen LogP contribution is 2.28. The molecule has 0 saturated heterocycles. The van der Waals surface area contributed by atoms with Gasteiger partial charge in [-0.2, -0.15) is 0 Å². The van der Waals surface area contributed by atoms with Gasteiger partial charge in [-0.25, -0.2) is 8.93 Å². The van der Waals surface area contributed by atoms with Gasteiger partial charge in [-0.3, -0.25) is 4.55 Å². The quantitative estimate of drug-likeness (QED) is 0.716. The molecule has 0 aliphatic carbocycles. The topological polar surface area (TPSA) is 61.4 Å². The molecule has 2 rings (SSSR count). The number of hydrogen-bond acceptors (Lipinski definition) is 2. The van der Waals surface area contributed by atoms with Gasteiger partial charge in [0.1, 0.15) is 0 Å². The van der Waals surface area contributed by atoms with Crippen LogP contribution in [0.5, 0.6) is 0 Å². The van der Waals surface area contributed by atoms with Crippen molar-refractivity contribution < 1.29 is 8.76 Å². The average molecular weight is 290 g/mol. The minimum atomic E-state index is -2.08. The predicted octanol–water partition coefficient (Wildman–Crippen LogP) is 2.41. The molecule has 1 unspecified atom stereocenters. The lowest BCUT2D eigenvalue weighted by molar-refractivity contribution is 0.444. The van der Waals surface area contributed by atoms with Crippen LogP contribution < -0.4 is 10.0 Å². The summed E-state index contributed by atoms with van der Waals surface area (Å²) in [5.41, 5.74) is 2.01. The monoisotopic (exact) mass is 290 g/mol. The molecule has 4 nitrogen and oxygen atoms in total. The van der Waals surface area contributed by atoms with E-state index in [9.17, 15) is 8.76 Å². The summed E-state index contributed by atoms with van der Waals surface area (Å²) in [6.45, 7) is 0. The summed E-state index contributed by atoms with van der Waals surface area (Å²) in [4.78, 5) is 0. The molecule has 20 heavy (non-hydrogen) atoms. The van der Waals surface area contributed by atoms with Crippen LogP contribution >= 0.6 is 0 Å². The minimum Gasteiger partial charge on any atom is -0.311 e. The van der Waals surface area contributed by atoms with E-state index in [2.05, 4.69) is 10.0 Å². The van der Waals surface area contributed by atoms with Crippen molar-refractivity contribution in [2.45, 2.75) is 12.1 Å². The molecule has 0 amide bonds. The van der Waals surface area contributed by atoms with E-state index >= 15 is 0 Å². The van der Waals surface area contributed by atoms with Crippen LogP contribution in [0.2, 0.25) is 0 Å². The van der Waals surface area contributed by atoms with E-state index in [0.29, 0.717) is 0 Å². The SMILES string of the molecule is CN[C@@H](c1ccccc1)[C@@H](NS(=O)O)c1ccccc1. The second-order valence-electron chi connectivity index (χ2n) is 4.43. The summed E-state index contributed by atoms with van der Waals surface area (Å²) in [5.74, 6) is 0. The number of hydrogen-bond donors (Lipinski definition) is 3. The smallest absolute Gasteiger partial charge is 0.232 e. The van der Waals surface area contributed by atoms with E-state index in [0.717, 1.165) is 11.1 Å². The van der Waals surface area contributed by atoms with E-state index in [1.165, 1.54) is 0 Å².